The number of amides is 1. The smallest absolute Gasteiger partial charge is 0.308 e. The molecule has 1 aliphatic rings. The van der Waals surface area contributed by atoms with E-state index in [1.165, 1.54) is 0 Å². The second kappa shape index (κ2) is 6.31. The fourth-order valence-electron chi connectivity index (χ4n) is 2.51. The Morgan fingerprint density at radius 3 is 2.95 bits per heavy atom. The number of nitrogens with zero attached hydrogens (tertiary/aromatic N) is 1. The third-order valence-corrected chi connectivity index (χ3v) is 3.54. The molecule has 1 aliphatic carbocycles. The molecule has 0 aliphatic heterocycles. The average molecular weight is 262 g/mol. The average Bonchev–Trinajstić information content (AvgIpc) is 2.86. The normalized spacial score (nSPS) is 22.1. The lowest BCUT2D eigenvalue weighted by Gasteiger charge is -2.17. The lowest BCUT2D eigenvalue weighted by atomic mass is 10.0. The van der Waals surface area contributed by atoms with Gasteiger partial charge in [0.05, 0.1) is 5.92 Å². The lowest BCUT2D eigenvalue weighted by Crippen LogP contribution is -2.40. The third kappa shape index (κ3) is 3.77. The zero-order valence-corrected chi connectivity index (χ0v) is 10.7. The Labute approximate surface area is 112 Å². The standard InChI is InChI=1S/C14H18N2O3/c17-13(7-6-10-3-2-8-15-9-10)16-12-5-1-4-11(12)14(18)19/h2-3,8-9,11-12H,1,4-7H2,(H,16,17)(H,18,19). The summed E-state index contributed by atoms with van der Waals surface area (Å²) in [7, 11) is 0. The van der Waals surface area contributed by atoms with Gasteiger partial charge in [-0.2, -0.15) is 0 Å². The van der Waals surface area contributed by atoms with Crippen molar-refractivity contribution >= 4 is 11.9 Å². The highest BCUT2D eigenvalue weighted by Crippen LogP contribution is 2.25. The van der Waals surface area contributed by atoms with Crippen LogP contribution in [-0.4, -0.2) is 28.0 Å². The van der Waals surface area contributed by atoms with Gasteiger partial charge in [0.25, 0.3) is 0 Å². The minimum Gasteiger partial charge on any atom is -0.481 e. The molecule has 5 heteroatoms. The number of hydrogen-bond donors (Lipinski definition) is 2. The molecule has 1 fully saturated rings. The molecule has 2 N–H and O–H groups in total. The van der Waals surface area contributed by atoms with Crippen molar-refractivity contribution < 1.29 is 14.7 Å². The fraction of sp³-hybridized carbons (Fsp3) is 0.500. The van der Waals surface area contributed by atoms with Crippen LogP contribution < -0.4 is 5.32 Å². The number of aryl methyl sites for hydroxylation is 1. The van der Waals surface area contributed by atoms with Crippen LogP contribution >= 0.6 is 0 Å². The molecule has 0 radical (unpaired) electrons. The van der Waals surface area contributed by atoms with Gasteiger partial charge in [0, 0.05) is 24.9 Å². The lowest BCUT2D eigenvalue weighted by molar-refractivity contribution is -0.142. The van der Waals surface area contributed by atoms with E-state index in [4.69, 9.17) is 5.11 Å². The first-order chi connectivity index (χ1) is 9.16. The Morgan fingerprint density at radius 1 is 1.42 bits per heavy atom. The maximum absolute atomic E-state index is 11.8. The molecule has 19 heavy (non-hydrogen) atoms. The van der Waals surface area contributed by atoms with Crippen molar-refractivity contribution in [2.45, 2.75) is 38.1 Å². The van der Waals surface area contributed by atoms with E-state index in [1.807, 2.05) is 12.1 Å². The van der Waals surface area contributed by atoms with Crippen LogP contribution in [0.4, 0.5) is 0 Å². The third-order valence-electron chi connectivity index (χ3n) is 3.54. The number of carboxylic acid groups (broad SMARTS) is 1. The van der Waals surface area contributed by atoms with Crippen LogP contribution in [0.15, 0.2) is 24.5 Å². The van der Waals surface area contributed by atoms with Crippen LogP contribution in [0.3, 0.4) is 0 Å². The maximum atomic E-state index is 11.8. The number of pyridine rings is 1. The van der Waals surface area contributed by atoms with Crippen molar-refractivity contribution in [1.82, 2.24) is 10.3 Å². The largest absolute Gasteiger partial charge is 0.481 e. The van der Waals surface area contributed by atoms with E-state index in [9.17, 15) is 9.59 Å². The first-order valence-corrected chi connectivity index (χ1v) is 6.58. The molecule has 1 aromatic heterocycles. The van der Waals surface area contributed by atoms with E-state index in [1.54, 1.807) is 12.4 Å². The maximum Gasteiger partial charge on any atom is 0.308 e. The number of carboxylic acids is 1. The van der Waals surface area contributed by atoms with Crippen molar-refractivity contribution in [3.8, 4) is 0 Å². The molecule has 1 saturated carbocycles. The van der Waals surface area contributed by atoms with Gasteiger partial charge >= 0.3 is 5.97 Å². The van der Waals surface area contributed by atoms with Crippen molar-refractivity contribution in [2.24, 2.45) is 5.92 Å². The topological polar surface area (TPSA) is 79.3 Å². The Kier molecular flexibility index (Phi) is 4.49. The van der Waals surface area contributed by atoms with Crippen LogP contribution in [0.25, 0.3) is 0 Å². The molecule has 0 spiro atoms. The molecule has 1 aromatic rings. The molecule has 1 amide bonds. The summed E-state index contributed by atoms with van der Waals surface area (Å²) >= 11 is 0. The first-order valence-electron chi connectivity index (χ1n) is 6.58. The molecule has 0 aromatic carbocycles. The molecule has 102 valence electrons. The molecule has 0 bridgehead atoms. The predicted molar refractivity (Wildman–Crippen MR) is 69.5 cm³/mol. The molecule has 2 unspecified atom stereocenters. The van der Waals surface area contributed by atoms with Crippen LogP contribution in [0.1, 0.15) is 31.2 Å². The van der Waals surface area contributed by atoms with E-state index in [2.05, 4.69) is 10.3 Å². The summed E-state index contributed by atoms with van der Waals surface area (Å²) in [5.41, 5.74) is 1.01. The van der Waals surface area contributed by atoms with E-state index < -0.39 is 11.9 Å². The molecule has 2 rings (SSSR count). The number of rotatable bonds is 5. The molecule has 2 atom stereocenters. The van der Waals surface area contributed by atoms with E-state index in [0.717, 1.165) is 18.4 Å². The second-order valence-corrected chi connectivity index (χ2v) is 4.91. The van der Waals surface area contributed by atoms with E-state index in [0.29, 0.717) is 19.3 Å². The summed E-state index contributed by atoms with van der Waals surface area (Å²) in [5, 5.41) is 11.9. The SMILES string of the molecule is O=C(CCc1cccnc1)NC1CCCC1C(=O)O. The number of nitrogens with one attached hydrogen (secondary N) is 1. The zero-order valence-electron chi connectivity index (χ0n) is 10.7. The number of carbonyl (C=O) groups excluding carboxylic acids is 1. The van der Waals surface area contributed by atoms with Gasteiger partial charge in [-0.3, -0.25) is 14.6 Å². The Bertz CT molecular complexity index is 447. The van der Waals surface area contributed by atoms with Gasteiger partial charge in [-0.05, 0) is 30.9 Å². The van der Waals surface area contributed by atoms with Gasteiger partial charge in [0.15, 0.2) is 0 Å². The monoisotopic (exact) mass is 262 g/mol. The van der Waals surface area contributed by atoms with Crippen LogP contribution in [-0.2, 0) is 16.0 Å². The van der Waals surface area contributed by atoms with Gasteiger partial charge in [0.1, 0.15) is 0 Å². The summed E-state index contributed by atoms with van der Waals surface area (Å²) in [6.07, 6.45) is 6.71. The quantitative estimate of drug-likeness (QED) is 0.840. The summed E-state index contributed by atoms with van der Waals surface area (Å²) in [5.74, 6) is -1.32. The van der Waals surface area contributed by atoms with Gasteiger partial charge < -0.3 is 10.4 Å². The molecule has 1 heterocycles. The first kappa shape index (κ1) is 13.5. The summed E-state index contributed by atoms with van der Waals surface area (Å²) in [6.45, 7) is 0. The van der Waals surface area contributed by atoms with Crippen LogP contribution in [0, 0.1) is 5.92 Å². The highest BCUT2D eigenvalue weighted by Gasteiger charge is 2.33. The number of hydrogen-bond acceptors (Lipinski definition) is 3. The minimum absolute atomic E-state index is 0.0815. The van der Waals surface area contributed by atoms with Gasteiger partial charge in [-0.15, -0.1) is 0 Å². The fourth-order valence-corrected chi connectivity index (χ4v) is 2.51. The van der Waals surface area contributed by atoms with Crippen molar-refractivity contribution in [3.63, 3.8) is 0 Å². The summed E-state index contributed by atoms with van der Waals surface area (Å²) in [6, 6.07) is 3.56. The Hall–Kier alpha value is -1.91. The summed E-state index contributed by atoms with van der Waals surface area (Å²) < 4.78 is 0. The van der Waals surface area contributed by atoms with Gasteiger partial charge in [-0.25, -0.2) is 0 Å². The molecular formula is C14H18N2O3. The van der Waals surface area contributed by atoms with E-state index >= 15 is 0 Å². The van der Waals surface area contributed by atoms with Crippen LogP contribution in [0.2, 0.25) is 0 Å². The second-order valence-electron chi connectivity index (χ2n) is 4.91. The van der Waals surface area contributed by atoms with Crippen molar-refractivity contribution in [1.29, 1.82) is 0 Å². The van der Waals surface area contributed by atoms with E-state index in [-0.39, 0.29) is 11.9 Å². The highest BCUT2D eigenvalue weighted by atomic mass is 16.4. The minimum atomic E-state index is -0.810. The molecule has 5 nitrogen and oxygen atoms in total. The van der Waals surface area contributed by atoms with Crippen molar-refractivity contribution in [2.75, 3.05) is 0 Å². The van der Waals surface area contributed by atoms with Crippen LogP contribution in [0.5, 0.6) is 0 Å². The Morgan fingerprint density at radius 2 is 2.26 bits per heavy atom. The van der Waals surface area contributed by atoms with Gasteiger partial charge in [0.2, 0.25) is 5.91 Å². The zero-order chi connectivity index (χ0) is 13.7. The molecular weight excluding hydrogens is 244 g/mol. The number of aliphatic carboxylic acids is 1. The summed E-state index contributed by atoms with van der Waals surface area (Å²) in [4.78, 5) is 26.8. The number of carbonyl (C=O) groups is 2. The Balaban J connectivity index is 1.80. The predicted octanol–water partition coefficient (Wildman–Crippen LogP) is 1.38. The highest BCUT2D eigenvalue weighted by molar-refractivity contribution is 5.78. The van der Waals surface area contributed by atoms with Gasteiger partial charge in [-0.1, -0.05) is 12.5 Å². The van der Waals surface area contributed by atoms with Crippen molar-refractivity contribution in [3.05, 3.63) is 30.1 Å². The molecule has 0 saturated heterocycles. The number of aromatic nitrogens is 1.